The van der Waals surface area contributed by atoms with Crippen molar-refractivity contribution in [2.24, 2.45) is 40.7 Å². The zero-order valence-corrected chi connectivity index (χ0v) is 70.8. The van der Waals surface area contributed by atoms with Crippen molar-refractivity contribution in [2.45, 2.75) is 140 Å². The standard InChI is InChI=1S/C88H103N21O20/c1-3-45(2)74-84(125)102-64(9-5-7-30-90)82(123)103-66-36-48(75(91)116)10-11-49(66)42-93-61-20-13-50(38-59(61)79(120)104-74)96-70(112)43-94-77(118)46-24-31-108(32-25-46)87-105-86(98-52-12-17-55(58(37-52)85(126)127)73-56-18-15-53(110)40-68(56)129-69-41-54(111)16-19-57(69)73)106-88(107-87)109-33-26-47(27-34-109)78(119)95-44-71(113)97-51-14-22-67-60(39-51)80(121)100-65(21-23-72(114)115)83(124)101-63(8-4-6-29-89)81(122)99-62(76(92)117)28-35-128-67/h10-20,22,36-41,45-47,62-65,74,93,110H,3-9,21,23-35,42-44,89-90H2,1-2H3,(H2,91,116)(H2,92,117)(H,94,118)(H,95,119)(H,96,112)(H,97,113)(H,99,122)(H,100,121)(H,101,124)(H,102,125)(H,103,123)(H,104,120)(H,114,115)(H,126,127)(H,98,105,106,107)/t45-,62-,63-,64-,65-,74-/m0/s1. The van der Waals surface area contributed by atoms with E-state index in [0.29, 0.717) is 60.7 Å². The fraction of sp³-hybridized carbons (Fsp3) is 0.386. The van der Waals surface area contributed by atoms with Crippen molar-refractivity contribution in [3.63, 3.8) is 0 Å². The van der Waals surface area contributed by atoms with Crippen molar-refractivity contribution in [1.29, 1.82) is 0 Å². The number of primary amides is 2. The van der Waals surface area contributed by atoms with Crippen LogP contribution in [0.1, 0.15) is 151 Å². The normalized spacial score (nSPS) is 18.2. The van der Waals surface area contributed by atoms with Crippen LogP contribution < -0.4 is 107 Å². The maximum Gasteiger partial charge on any atom is 0.336 e. The highest BCUT2D eigenvalue weighted by atomic mass is 16.5. The second-order valence-electron chi connectivity index (χ2n) is 32.0. The Morgan fingerprint density at radius 1 is 0.574 bits per heavy atom. The molecule has 23 N–H and O–H groups in total. The predicted molar refractivity (Wildman–Crippen MR) is 473 cm³/mol. The maximum atomic E-state index is 14.5. The van der Waals surface area contributed by atoms with E-state index in [-0.39, 0.29) is 193 Å². The van der Waals surface area contributed by atoms with Gasteiger partial charge in [-0.1, -0.05) is 32.4 Å². The number of aliphatic carboxylic acids is 1. The average Bonchev–Trinajstić information content (AvgIpc) is 0.746. The van der Waals surface area contributed by atoms with Crippen LogP contribution in [0.25, 0.3) is 33.4 Å². The number of carbonyl (C=O) groups excluding carboxylic acids is 12. The van der Waals surface area contributed by atoms with Gasteiger partial charge in [-0.25, -0.2) is 4.79 Å². The Hall–Kier alpha value is -14.9. The molecule has 0 bridgehead atoms. The monoisotopic (exact) mass is 1770 g/mol. The Labute approximate surface area is 738 Å². The summed E-state index contributed by atoms with van der Waals surface area (Å²) < 4.78 is 12.0. The lowest BCUT2D eigenvalue weighted by molar-refractivity contribution is -0.137. The number of aromatic nitrogens is 3. The van der Waals surface area contributed by atoms with Gasteiger partial charge in [-0.05, 0) is 186 Å². The van der Waals surface area contributed by atoms with Crippen molar-refractivity contribution in [3.8, 4) is 33.9 Å². The number of amides is 12. The van der Waals surface area contributed by atoms with Gasteiger partial charge in [0.15, 0.2) is 5.43 Å². The van der Waals surface area contributed by atoms with E-state index in [1.165, 1.54) is 78.9 Å². The zero-order valence-electron chi connectivity index (χ0n) is 70.8. The molecular formula is C88H103N21O20. The number of carboxylic acid groups (broad SMARTS) is 2. The third-order valence-electron chi connectivity index (χ3n) is 22.9. The van der Waals surface area contributed by atoms with Crippen LogP contribution in [-0.4, -0.2) is 202 Å². The van der Waals surface area contributed by atoms with E-state index in [2.05, 4.69) is 63.8 Å². The van der Waals surface area contributed by atoms with Crippen LogP contribution in [0.15, 0.2) is 118 Å². The second-order valence-corrected chi connectivity index (χ2v) is 32.0. The Kier molecular flexibility index (Phi) is 31.0. The van der Waals surface area contributed by atoms with Gasteiger partial charge in [-0.2, -0.15) is 15.0 Å². The molecule has 6 heterocycles. The molecule has 0 radical (unpaired) electrons. The van der Waals surface area contributed by atoms with Gasteiger partial charge >= 0.3 is 11.9 Å². The molecule has 6 aliphatic rings. The van der Waals surface area contributed by atoms with Crippen LogP contribution in [0.5, 0.6) is 11.5 Å². The number of piperidine rings is 2. The number of nitrogens with zero attached hydrogens (tertiary/aromatic N) is 5. The summed E-state index contributed by atoms with van der Waals surface area (Å²) in [4.78, 5) is 221. The van der Waals surface area contributed by atoms with Gasteiger partial charge in [0.2, 0.25) is 76.9 Å². The number of hydrogen-bond acceptors (Lipinski definition) is 27. The molecule has 6 aromatic rings. The first kappa shape index (κ1) is 93.3. The van der Waals surface area contributed by atoms with Gasteiger partial charge in [0, 0.05) is 120 Å². The number of fused-ring (bicyclic) bond motifs is 5. The van der Waals surface area contributed by atoms with Crippen LogP contribution in [0.3, 0.4) is 0 Å². The van der Waals surface area contributed by atoms with Crippen LogP contribution in [-0.2, 0) is 54.5 Å². The minimum absolute atomic E-state index is 0.0107. The molecule has 6 atom stereocenters. The lowest BCUT2D eigenvalue weighted by Gasteiger charge is -2.34. The highest BCUT2D eigenvalue weighted by Crippen LogP contribution is 2.43. The highest BCUT2D eigenvalue weighted by molar-refractivity contribution is 6.10. The minimum Gasteiger partial charge on any atom is -0.508 e. The number of nitrogens with two attached hydrogens (primary N) is 4. The van der Waals surface area contributed by atoms with E-state index in [0.717, 1.165) is 0 Å². The smallest absolute Gasteiger partial charge is 0.336 e. The molecule has 2 saturated heterocycles. The zero-order chi connectivity index (χ0) is 92.3. The van der Waals surface area contributed by atoms with Crippen molar-refractivity contribution < 1.29 is 91.6 Å². The van der Waals surface area contributed by atoms with Gasteiger partial charge in [0.05, 0.1) is 36.4 Å². The molecule has 0 unspecified atom stereocenters. The summed E-state index contributed by atoms with van der Waals surface area (Å²) in [6, 6.07) is 19.7. The maximum absolute atomic E-state index is 14.5. The third kappa shape index (κ3) is 24.0. The molecule has 680 valence electrons. The quantitative estimate of drug-likeness (QED) is 0.0235. The summed E-state index contributed by atoms with van der Waals surface area (Å²) in [6.07, 6.45) is 2.40. The van der Waals surface area contributed by atoms with E-state index in [1.54, 1.807) is 37.3 Å². The van der Waals surface area contributed by atoms with Gasteiger partial charge in [0.1, 0.15) is 53.1 Å². The summed E-state index contributed by atoms with van der Waals surface area (Å²) in [5, 5.41) is 64.8. The average molecular weight is 1770 g/mol. The van der Waals surface area contributed by atoms with Gasteiger partial charge < -0.3 is 121 Å². The molecule has 1 aliphatic carbocycles. The number of aromatic hydroxyl groups is 1. The molecule has 1 aromatic heterocycles. The first-order valence-corrected chi connectivity index (χ1v) is 42.5. The fourth-order valence-corrected chi connectivity index (χ4v) is 15.6. The molecule has 41 heteroatoms. The molecule has 5 aliphatic heterocycles. The van der Waals surface area contributed by atoms with Crippen molar-refractivity contribution >= 4 is 140 Å². The van der Waals surface area contributed by atoms with E-state index < -0.39 is 157 Å². The number of phenolic OH excluding ortho intramolecular Hbond substituents is 1. The number of aromatic carboxylic acids is 1. The summed E-state index contributed by atoms with van der Waals surface area (Å²) in [6.45, 7) is 3.76. The number of benzene rings is 6. The van der Waals surface area contributed by atoms with Crippen LogP contribution >= 0.6 is 0 Å². The number of carboxylic acids is 2. The first-order chi connectivity index (χ1) is 61.9. The SMILES string of the molecule is CC[C@H](C)[C@@H]1NC(=O)c2cc(NC(=O)CNC(=O)C3CCN(c4nc(Nc5ccc(-c6c7ccc(=O)cc-7oc7cc(O)ccc67)c(C(=O)O)c5)nc(N5CCC(C(=O)NCC(=O)Nc6ccc7c(c6)C(=O)N[C@@H](CCC(=O)O)C(=O)N[C@@H](CCCCN)C(=O)N[C@H](C(N)=O)CCO7)CC5)n4)CC3)ccc2NCc2ccc(C(N)=O)cc2NC(=O)[C@H](CCCCN)NC1=O. The molecule has 0 saturated carbocycles. The van der Waals surface area contributed by atoms with Crippen LogP contribution in [0.2, 0.25) is 0 Å². The molecule has 5 aromatic carbocycles. The van der Waals surface area contributed by atoms with E-state index in [4.69, 9.17) is 47.0 Å². The number of phenols is 1. The van der Waals surface area contributed by atoms with E-state index >= 15 is 0 Å². The summed E-state index contributed by atoms with van der Waals surface area (Å²) in [5.41, 5.74) is 24.8. The second kappa shape index (κ2) is 42.9. The molecule has 2 fully saturated rings. The summed E-state index contributed by atoms with van der Waals surface area (Å²) in [5.74, 6) is -12.5. The van der Waals surface area contributed by atoms with Crippen LogP contribution in [0, 0.1) is 17.8 Å². The number of rotatable bonds is 29. The summed E-state index contributed by atoms with van der Waals surface area (Å²) >= 11 is 0. The highest BCUT2D eigenvalue weighted by Gasteiger charge is 2.37. The van der Waals surface area contributed by atoms with Gasteiger partial charge in [-0.3, -0.25) is 67.1 Å². The topological polar surface area (TPSA) is 633 Å². The number of ether oxygens (including phenoxy) is 1. The minimum atomic E-state index is -1.51. The summed E-state index contributed by atoms with van der Waals surface area (Å²) in [7, 11) is 0. The number of nitrogens with one attached hydrogen (secondary N) is 12. The van der Waals surface area contributed by atoms with Gasteiger partial charge in [0.25, 0.3) is 11.8 Å². The number of hydrogen-bond donors (Lipinski definition) is 19. The van der Waals surface area contributed by atoms with Crippen molar-refractivity contribution in [2.75, 3.05) is 95.3 Å². The first-order valence-electron chi connectivity index (χ1n) is 42.5. The van der Waals surface area contributed by atoms with E-state index in [9.17, 15) is 87.2 Å². The number of anilines is 8. The van der Waals surface area contributed by atoms with Crippen molar-refractivity contribution in [3.05, 3.63) is 147 Å². The lowest BCUT2D eigenvalue weighted by Crippen LogP contribution is -2.56. The van der Waals surface area contributed by atoms with Crippen LogP contribution in [0.4, 0.5) is 46.3 Å². The third-order valence-corrected chi connectivity index (χ3v) is 22.9. The molecule has 12 rings (SSSR count). The Bertz CT molecular complexity index is 5660. The predicted octanol–water partition coefficient (Wildman–Crippen LogP) is 3.59. The fourth-order valence-electron chi connectivity index (χ4n) is 15.6. The molecule has 129 heavy (non-hydrogen) atoms. The Morgan fingerprint density at radius 2 is 1.16 bits per heavy atom. The molecule has 41 nitrogen and oxygen atoms in total. The number of carbonyl (C=O) groups is 14. The van der Waals surface area contributed by atoms with Crippen molar-refractivity contribution in [1.82, 2.24) is 52.2 Å². The molecular weight excluding hydrogens is 1670 g/mol. The van der Waals surface area contributed by atoms with E-state index in [1.807, 2.05) is 16.7 Å². The lowest BCUT2D eigenvalue weighted by atomic mass is 9.90. The molecule has 12 amide bonds. The molecule has 0 spiro atoms. The Balaban J connectivity index is 0.731. The number of unbranched alkanes of at least 4 members (excludes halogenated alkanes) is 2. The van der Waals surface area contributed by atoms with Gasteiger partial charge in [-0.15, -0.1) is 0 Å². The largest absolute Gasteiger partial charge is 0.508 e. The Morgan fingerprint density at radius 3 is 1.78 bits per heavy atom.